The number of carbonyl (C=O) groups is 3. The largest absolute Gasteiger partial charge is 0.421 e. The first kappa shape index (κ1) is 31.3. The molecule has 0 heterocycles. The maximum Gasteiger partial charge on any atom is 0.336 e. The number of hydrazone groups is 1. The van der Waals surface area contributed by atoms with Gasteiger partial charge in [-0.15, -0.1) is 0 Å². The van der Waals surface area contributed by atoms with E-state index in [1.807, 2.05) is 0 Å². The first-order valence-electron chi connectivity index (χ1n) is 12.2. The highest BCUT2D eigenvalue weighted by Crippen LogP contribution is 2.32. The Hall–Kier alpha value is -4.65. The second kappa shape index (κ2) is 14.5. The van der Waals surface area contributed by atoms with E-state index >= 15 is 0 Å². The molecule has 0 aliphatic rings. The predicted octanol–water partition coefficient (Wildman–Crippen LogP) is 7.41. The van der Waals surface area contributed by atoms with E-state index in [1.165, 1.54) is 48.7 Å². The maximum atomic E-state index is 12.8. The molecule has 0 aliphatic carbocycles. The predicted molar refractivity (Wildman–Crippen MR) is 171 cm³/mol. The van der Waals surface area contributed by atoms with Gasteiger partial charge in [0.15, 0.2) is 5.75 Å². The molecule has 0 fully saturated rings. The SMILES string of the molecule is O=C(/C=C/c1ccc([N+](=O)[O-])cc1)Oc1c(Br)cc(Br)cc1C=NNC(=O)c1cccc(NC(=O)c2ccc(Cl)cc2)c1. The van der Waals surface area contributed by atoms with Crippen LogP contribution in [0.3, 0.4) is 0 Å². The van der Waals surface area contributed by atoms with Crippen molar-refractivity contribution in [2.45, 2.75) is 0 Å². The van der Waals surface area contributed by atoms with Crippen molar-refractivity contribution in [1.82, 2.24) is 5.43 Å². The molecule has 4 rings (SSSR count). The van der Waals surface area contributed by atoms with Crippen molar-refractivity contribution < 1.29 is 24.0 Å². The summed E-state index contributed by atoms with van der Waals surface area (Å²) >= 11 is 12.6. The highest BCUT2D eigenvalue weighted by atomic mass is 79.9. The number of rotatable bonds is 9. The summed E-state index contributed by atoms with van der Waals surface area (Å²) in [6, 6.07) is 21.7. The minimum atomic E-state index is -0.711. The number of anilines is 1. The average Bonchev–Trinajstić information content (AvgIpc) is 2.98. The van der Waals surface area contributed by atoms with E-state index in [1.54, 1.807) is 54.6 Å². The molecule has 10 nitrogen and oxygen atoms in total. The van der Waals surface area contributed by atoms with Crippen LogP contribution in [-0.2, 0) is 4.79 Å². The molecule has 0 radical (unpaired) electrons. The van der Waals surface area contributed by atoms with Crippen molar-refractivity contribution in [3.8, 4) is 5.75 Å². The van der Waals surface area contributed by atoms with Crippen molar-refractivity contribution >= 4 is 84.9 Å². The summed E-state index contributed by atoms with van der Waals surface area (Å²) in [5.41, 5.74) is 4.33. The van der Waals surface area contributed by atoms with Crippen molar-refractivity contribution in [3.63, 3.8) is 0 Å². The fourth-order valence-corrected chi connectivity index (χ4v) is 5.02. The summed E-state index contributed by atoms with van der Waals surface area (Å²) < 4.78 is 6.59. The number of ether oxygens (including phenoxy) is 1. The monoisotopic (exact) mass is 724 g/mol. The van der Waals surface area contributed by atoms with Crippen molar-refractivity contribution in [2.75, 3.05) is 5.32 Å². The molecule has 43 heavy (non-hydrogen) atoms. The number of non-ortho nitro benzene ring substituents is 1. The van der Waals surface area contributed by atoms with Gasteiger partial charge >= 0.3 is 5.97 Å². The van der Waals surface area contributed by atoms with Crippen LogP contribution in [0.15, 0.2) is 105 Å². The van der Waals surface area contributed by atoms with Crippen LogP contribution < -0.4 is 15.5 Å². The highest BCUT2D eigenvalue weighted by Gasteiger charge is 2.14. The summed E-state index contributed by atoms with van der Waals surface area (Å²) in [5, 5.41) is 18.0. The molecule has 0 bridgehead atoms. The zero-order valence-corrected chi connectivity index (χ0v) is 25.7. The van der Waals surface area contributed by atoms with Crippen LogP contribution in [-0.4, -0.2) is 28.9 Å². The maximum absolute atomic E-state index is 12.8. The summed E-state index contributed by atoms with van der Waals surface area (Å²) in [7, 11) is 0. The molecule has 0 aromatic heterocycles. The van der Waals surface area contributed by atoms with Gasteiger partial charge < -0.3 is 10.1 Å². The van der Waals surface area contributed by atoms with Crippen LogP contribution in [0.25, 0.3) is 6.08 Å². The number of nitrogens with zero attached hydrogens (tertiary/aromatic N) is 2. The molecule has 0 saturated carbocycles. The Morgan fingerprint density at radius 1 is 0.907 bits per heavy atom. The Balaban J connectivity index is 1.42. The van der Waals surface area contributed by atoms with Gasteiger partial charge in [-0.1, -0.05) is 33.6 Å². The Morgan fingerprint density at radius 2 is 1.63 bits per heavy atom. The first-order valence-corrected chi connectivity index (χ1v) is 14.2. The normalized spacial score (nSPS) is 11.0. The number of nitrogens with one attached hydrogen (secondary N) is 2. The fraction of sp³-hybridized carbons (Fsp3) is 0. The van der Waals surface area contributed by atoms with E-state index in [9.17, 15) is 24.5 Å². The Labute approximate surface area is 266 Å². The molecule has 0 spiro atoms. The molecule has 0 atom stereocenters. The van der Waals surface area contributed by atoms with E-state index < -0.39 is 16.8 Å². The number of amides is 2. The van der Waals surface area contributed by atoms with Crippen LogP contribution in [0.1, 0.15) is 31.8 Å². The van der Waals surface area contributed by atoms with Gasteiger partial charge in [0.2, 0.25) is 0 Å². The molecule has 4 aromatic rings. The van der Waals surface area contributed by atoms with Crippen LogP contribution in [0.4, 0.5) is 11.4 Å². The average molecular weight is 727 g/mol. The van der Waals surface area contributed by atoms with Gasteiger partial charge in [-0.05, 0) is 94.3 Å². The van der Waals surface area contributed by atoms with Crippen LogP contribution in [0, 0.1) is 10.1 Å². The number of esters is 1. The van der Waals surface area contributed by atoms with Gasteiger partial charge in [-0.2, -0.15) is 5.10 Å². The van der Waals surface area contributed by atoms with Crippen LogP contribution in [0.2, 0.25) is 5.02 Å². The number of hydrogen-bond donors (Lipinski definition) is 2. The molecule has 0 aliphatic heterocycles. The third kappa shape index (κ3) is 8.92. The Kier molecular flexibility index (Phi) is 10.5. The molecule has 4 aromatic carbocycles. The van der Waals surface area contributed by atoms with Crippen LogP contribution in [0.5, 0.6) is 5.75 Å². The van der Waals surface area contributed by atoms with Gasteiger partial charge in [0.1, 0.15) is 0 Å². The lowest BCUT2D eigenvalue weighted by molar-refractivity contribution is -0.384. The number of nitro groups is 1. The number of hydrogen-bond acceptors (Lipinski definition) is 7. The van der Waals surface area contributed by atoms with Gasteiger partial charge in [-0.25, -0.2) is 10.2 Å². The van der Waals surface area contributed by atoms with E-state index in [-0.39, 0.29) is 22.9 Å². The van der Waals surface area contributed by atoms with Gasteiger partial charge in [0.25, 0.3) is 17.5 Å². The van der Waals surface area contributed by atoms with Crippen LogP contribution >= 0.6 is 43.5 Å². The zero-order valence-electron chi connectivity index (χ0n) is 21.8. The van der Waals surface area contributed by atoms with Crippen molar-refractivity contribution in [3.05, 3.63) is 137 Å². The molecule has 0 saturated heterocycles. The minimum absolute atomic E-state index is 0.0665. The van der Waals surface area contributed by atoms with Crippen molar-refractivity contribution in [1.29, 1.82) is 0 Å². The molecule has 0 unspecified atom stereocenters. The Bertz CT molecular complexity index is 1760. The van der Waals surface area contributed by atoms with E-state index in [0.29, 0.717) is 36.3 Å². The lowest BCUT2D eigenvalue weighted by Crippen LogP contribution is -2.18. The molecule has 2 amide bonds. The van der Waals surface area contributed by atoms with Crippen molar-refractivity contribution in [2.24, 2.45) is 5.10 Å². The topological polar surface area (TPSA) is 140 Å². The highest BCUT2D eigenvalue weighted by molar-refractivity contribution is 9.11. The first-order chi connectivity index (χ1) is 20.6. The molecular weight excluding hydrogens is 708 g/mol. The third-order valence-electron chi connectivity index (χ3n) is 5.61. The summed E-state index contributed by atoms with van der Waals surface area (Å²) in [6.07, 6.45) is 3.94. The summed E-state index contributed by atoms with van der Waals surface area (Å²) in [5.74, 6) is -1.47. The number of halogens is 3. The zero-order chi connectivity index (χ0) is 30.9. The second-order valence-electron chi connectivity index (χ2n) is 8.65. The molecule has 2 N–H and O–H groups in total. The minimum Gasteiger partial charge on any atom is -0.421 e. The van der Waals surface area contributed by atoms with Gasteiger partial charge in [0, 0.05) is 50.1 Å². The van der Waals surface area contributed by atoms with E-state index in [0.717, 1.165) is 0 Å². The lowest BCUT2D eigenvalue weighted by atomic mass is 10.1. The van der Waals surface area contributed by atoms with E-state index in [4.69, 9.17) is 16.3 Å². The number of nitro benzene ring substituents is 1. The fourth-order valence-electron chi connectivity index (χ4n) is 3.56. The quantitative estimate of drug-likeness (QED) is 0.0460. The standard InChI is InChI=1S/C30H19Br2ClN4O6/c31-22-14-21(28(26(32)16-22)43-27(38)13-6-18-4-11-25(12-5-18)37(41)42)17-34-36-30(40)20-2-1-3-24(15-20)35-29(39)19-7-9-23(33)10-8-19/h1-17H,(H,35,39)(H,36,40)/b13-6+,34-17?. The lowest BCUT2D eigenvalue weighted by Gasteiger charge is -2.09. The van der Waals surface area contributed by atoms with E-state index in [2.05, 4.69) is 47.7 Å². The third-order valence-corrected chi connectivity index (χ3v) is 6.91. The summed E-state index contributed by atoms with van der Waals surface area (Å²) in [6.45, 7) is 0. The Morgan fingerprint density at radius 3 is 2.33 bits per heavy atom. The van der Waals surface area contributed by atoms with Gasteiger partial charge in [-0.3, -0.25) is 19.7 Å². The van der Waals surface area contributed by atoms with Gasteiger partial charge in [0.05, 0.1) is 15.6 Å². The molecule has 13 heteroatoms. The second-order valence-corrected chi connectivity index (χ2v) is 10.9. The number of carbonyl (C=O) groups excluding carboxylic acids is 3. The molecular formula is C30H19Br2ClN4O6. The summed E-state index contributed by atoms with van der Waals surface area (Å²) in [4.78, 5) is 48.1. The molecule has 216 valence electrons. The number of benzene rings is 4. The smallest absolute Gasteiger partial charge is 0.336 e.